The number of carbonyl (C=O) groups excluding carboxylic acids is 2. The van der Waals surface area contributed by atoms with E-state index in [0.717, 1.165) is 68.7 Å². The highest BCUT2D eigenvalue weighted by Crippen LogP contribution is 2.33. The summed E-state index contributed by atoms with van der Waals surface area (Å²) in [4.78, 5) is 35.3. The Morgan fingerprint density at radius 2 is 1.59 bits per heavy atom. The number of hydrogen-bond donors (Lipinski definition) is 0. The molecule has 3 heterocycles. The molecule has 0 spiro atoms. The number of fused-ring (bicyclic) bond motifs is 1. The minimum atomic E-state index is 0.0893. The van der Waals surface area contributed by atoms with E-state index in [2.05, 4.69) is 23.1 Å². The van der Waals surface area contributed by atoms with Crippen molar-refractivity contribution in [2.75, 3.05) is 19.6 Å². The van der Waals surface area contributed by atoms with Gasteiger partial charge in [-0.05, 0) is 62.3 Å². The number of aryl methyl sites for hydroxylation is 1. The van der Waals surface area contributed by atoms with Crippen LogP contribution in [-0.2, 0) is 17.8 Å². The molecule has 1 aromatic heterocycles. The first-order valence-electron chi connectivity index (χ1n) is 12.2. The summed E-state index contributed by atoms with van der Waals surface area (Å²) < 4.78 is 0. The molecule has 5 heteroatoms. The zero-order valence-corrected chi connectivity index (χ0v) is 19.1. The molecule has 0 bridgehead atoms. The van der Waals surface area contributed by atoms with E-state index in [1.165, 1.54) is 24.0 Å². The third-order valence-electron chi connectivity index (χ3n) is 7.61. The highest BCUT2D eigenvalue weighted by Gasteiger charge is 2.33. The molecule has 1 aliphatic carbocycles. The van der Waals surface area contributed by atoms with Crippen molar-refractivity contribution in [3.63, 3.8) is 0 Å². The molecular weight excluding hydrogens is 398 g/mol. The van der Waals surface area contributed by atoms with Crippen LogP contribution in [-0.4, -0.2) is 46.2 Å². The zero-order valence-electron chi connectivity index (χ0n) is 19.1. The van der Waals surface area contributed by atoms with Crippen LogP contribution < -0.4 is 0 Å². The van der Waals surface area contributed by atoms with Crippen molar-refractivity contribution in [3.8, 4) is 0 Å². The van der Waals surface area contributed by atoms with Crippen molar-refractivity contribution in [1.29, 1.82) is 0 Å². The third-order valence-corrected chi connectivity index (χ3v) is 7.61. The number of likely N-dealkylation sites (tertiary alicyclic amines) is 1. The molecule has 2 aliphatic heterocycles. The van der Waals surface area contributed by atoms with Crippen LogP contribution in [0.15, 0.2) is 36.4 Å². The van der Waals surface area contributed by atoms with Crippen molar-refractivity contribution in [2.24, 2.45) is 5.92 Å². The molecule has 3 aliphatic rings. The summed E-state index contributed by atoms with van der Waals surface area (Å²) in [7, 11) is 0. The summed E-state index contributed by atoms with van der Waals surface area (Å²) in [6.45, 7) is 4.96. The molecule has 2 amide bonds. The van der Waals surface area contributed by atoms with E-state index < -0.39 is 0 Å². The quantitative estimate of drug-likeness (QED) is 0.720. The Kier molecular flexibility index (Phi) is 5.99. The van der Waals surface area contributed by atoms with Crippen molar-refractivity contribution >= 4 is 11.8 Å². The molecule has 0 unspecified atom stereocenters. The van der Waals surface area contributed by atoms with Gasteiger partial charge in [0.2, 0.25) is 5.91 Å². The lowest BCUT2D eigenvalue weighted by molar-refractivity contribution is -0.136. The minimum Gasteiger partial charge on any atom is -0.342 e. The Morgan fingerprint density at radius 3 is 2.34 bits per heavy atom. The highest BCUT2D eigenvalue weighted by atomic mass is 16.2. The first-order chi connectivity index (χ1) is 15.6. The summed E-state index contributed by atoms with van der Waals surface area (Å²) >= 11 is 0. The summed E-state index contributed by atoms with van der Waals surface area (Å²) in [5.41, 5.74) is 5.22. The Morgan fingerprint density at radius 1 is 0.875 bits per heavy atom. The molecule has 5 rings (SSSR count). The Labute approximate surface area is 190 Å². The second-order valence-corrected chi connectivity index (χ2v) is 9.71. The van der Waals surface area contributed by atoms with Gasteiger partial charge in [0, 0.05) is 43.7 Å². The number of carbonyl (C=O) groups is 2. The SMILES string of the molecule is Cc1ccc(C(=O)N2CCc3ccccc3C2)c(C2CCN(C(=O)C3CCCC3)CC2)n1. The molecule has 32 heavy (non-hydrogen) atoms. The Hall–Kier alpha value is -2.69. The van der Waals surface area contributed by atoms with Gasteiger partial charge in [-0.25, -0.2) is 0 Å². The summed E-state index contributed by atoms with van der Waals surface area (Å²) in [5, 5.41) is 0. The lowest BCUT2D eigenvalue weighted by Crippen LogP contribution is -2.41. The maximum absolute atomic E-state index is 13.6. The minimum absolute atomic E-state index is 0.0893. The van der Waals surface area contributed by atoms with Gasteiger partial charge in [-0.15, -0.1) is 0 Å². The van der Waals surface area contributed by atoms with Crippen LogP contribution in [0.2, 0.25) is 0 Å². The lowest BCUT2D eigenvalue weighted by atomic mass is 9.88. The topological polar surface area (TPSA) is 53.5 Å². The number of pyridine rings is 1. The maximum atomic E-state index is 13.6. The van der Waals surface area contributed by atoms with Crippen LogP contribution >= 0.6 is 0 Å². The fourth-order valence-corrected chi connectivity index (χ4v) is 5.71. The highest BCUT2D eigenvalue weighted by molar-refractivity contribution is 5.95. The van der Waals surface area contributed by atoms with Crippen LogP contribution in [0.4, 0.5) is 0 Å². The Balaban J connectivity index is 1.31. The number of amides is 2. The summed E-state index contributed by atoms with van der Waals surface area (Å²) in [6.07, 6.45) is 7.15. The summed E-state index contributed by atoms with van der Waals surface area (Å²) in [5.74, 6) is 0.911. The van der Waals surface area contributed by atoms with E-state index in [1.807, 2.05) is 30.0 Å². The standard InChI is InChI=1S/C27H33N3O2/c1-19-10-11-24(27(32)30-17-12-20-6-2-5-9-23(20)18-30)25(28-19)21-13-15-29(16-14-21)26(31)22-7-3-4-8-22/h2,5-6,9-11,21-22H,3-4,7-8,12-18H2,1H3. The fourth-order valence-electron chi connectivity index (χ4n) is 5.71. The maximum Gasteiger partial charge on any atom is 0.256 e. The zero-order chi connectivity index (χ0) is 22.1. The number of rotatable bonds is 3. The predicted molar refractivity (Wildman–Crippen MR) is 124 cm³/mol. The van der Waals surface area contributed by atoms with E-state index in [1.54, 1.807) is 0 Å². The first kappa shape index (κ1) is 21.2. The van der Waals surface area contributed by atoms with Crippen LogP contribution in [0.5, 0.6) is 0 Å². The van der Waals surface area contributed by atoms with E-state index >= 15 is 0 Å². The summed E-state index contributed by atoms with van der Waals surface area (Å²) in [6, 6.07) is 12.3. The molecule has 1 saturated carbocycles. The average molecular weight is 432 g/mol. The normalized spacial score (nSPS) is 19.8. The van der Waals surface area contributed by atoms with Crippen LogP contribution in [0.1, 0.15) is 77.3 Å². The second-order valence-electron chi connectivity index (χ2n) is 9.71. The smallest absolute Gasteiger partial charge is 0.256 e. The predicted octanol–water partition coefficient (Wildman–Crippen LogP) is 4.48. The van der Waals surface area contributed by atoms with Crippen molar-refractivity contribution in [2.45, 2.75) is 64.3 Å². The van der Waals surface area contributed by atoms with E-state index in [4.69, 9.17) is 4.98 Å². The van der Waals surface area contributed by atoms with E-state index in [0.29, 0.717) is 12.5 Å². The number of nitrogens with zero attached hydrogens (tertiary/aromatic N) is 3. The third kappa shape index (κ3) is 4.17. The van der Waals surface area contributed by atoms with Gasteiger partial charge in [0.25, 0.3) is 5.91 Å². The lowest BCUT2D eigenvalue weighted by Gasteiger charge is -2.35. The molecule has 5 nitrogen and oxygen atoms in total. The molecule has 168 valence electrons. The van der Waals surface area contributed by atoms with E-state index in [9.17, 15) is 9.59 Å². The van der Waals surface area contributed by atoms with E-state index in [-0.39, 0.29) is 17.7 Å². The fraction of sp³-hybridized carbons (Fsp3) is 0.519. The molecule has 0 radical (unpaired) electrons. The van der Waals surface area contributed by atoms with Gasteiger partial charge in [0.05, 0.1) is 11.3 Å². The number of aromatic nitrogens is 1. The van der Waals surface area contributed by atoms with Gasteiger partial charge < -0.3 is 9.80 Å². The molecule has 0 N–H and O–H groups in total. The van der Waals surface area contributed by atoms with Crippen molar-refractivity contribution in [1.82, 2.24) is 14.8 Å². The van der Waals surface area contributed by atoms with Crippen LogP contribution in [0.3, 0.4) is 0 Å². The van der Waals surface area contributed by atoms with Gasteiger partial charge in [-0.1, -0.05) is 37.1 Å². The Bertz CT molecular complexity index is 1000. The molecule has 2 aromatic rings. The number of benzene rings is 1. The van der Waals surface area contributed by atoms with Crippen LogP contribution in [0, 0.1) is 12.8 Å². The molecule has 1 saturated heterocycles. The number of piperidine rings is 1. The molecule has 1 aromatic carbocycles. The monoisotopic (exact) mass is 431 g/mol. The van der Waals surface area contributed by atoms with Gasteiger partial charge in [-0.2, -0.15) is 0 Å². The average Bonchev–Trinajstić information content (AvgIpc) is 3.38. The van der Waals surface area contributed by atoms with Gasteiger partial charge in [0.1, 0.15) is 0 Å². The largest absolute Gasteiger partial charge is 0.342 e. The van der Waals surface area contributed by atoms with Crippen molar-refractivity contribution < 1.29 is 9.59 Å². The molecular formula is C27H33N3O2. The van der Waals surface area contributed by atoms with Gasteiger partial charge in [0.15, 0.2) is 0 Å². The van der Waals surface area contributed by atoms with Crippen LogP contribution in [0.25, 0.3) is 0 Å². The van der Waals surface area contributed by atoms with Gasteiger partial charge in [-0.3, -0.25) is 14.6 Å². The molecule has 0 atom stereocenters. The number of hydrogen-bond acceptors (Lipinski definition) is 3. The second kappa shape index (κ2) is 9.05. The van der Waals surface area contributed by atoms with Gasteiger partial charge >= 0.3 is 0 Å². The first-order valence-corrected chi connectivity index (χ1v) is 12.2. The molecule has 2 fully saturated rings. The van der Waals surface area contributed by atoms with Crippen molar-refractivity contribution in [3.05, 3.63) is 64.5 Å².